The summed E-state index contributed by atoms with van der Waals surface area (Å²) in [7, 11) is 1.55. The first-order chi connectivity index (χ1) is 14.0. The van der Waals surface area contributed by atoms with Crippen LogP contribution >= 0.6 is 0 Å². The Labute approximate surface area is 165 Å². The maximum atomic E-state index is 13.0. The Morgan fingerprint density at radius 1 is 1.14 bits per heavy atom. The predicted octanol–water partition coefficient (Wildman–Crippen LogP) is 1.43. The Balaban J connectivity index is 1.50. The molecular weight excluding hydrogens is 376 g/mol. The fraction of sp³-hybridized carbons (Fsp3) is 0.300. The van der Waals surface area contributed by atoms with E-state index >= 15 is 0 Å². The normalized spacial score (nSPS) is 14.3. The lowest BCUT2D eigenvalue weighted by Crippen LogP contribution is -2.50. The van der Waals surface area contributed by atoms with Crippen LogP contribution in [-0.2, 0) is 0 Å². The van der Waals surface area contributed by atoms with Crippen LogP contribution in [0.4, 0.5) is 0 Å². The summed E-state index contributed by atoms with van der Waals surface area (Å²) in [4.78, 5) is 47.7. The zero-order valence-corrected chi connectivity index (χ0v) is 16.1. The largest absolute Gasteiger partial charge is 0.497 e. The van der Waals surface area contributed by atoms with Gasteiger partial charge in [0.25, 0.3) is 17.4 Å². The number of fused-ring (bicyclic) bond motifs is 1. The second kappa shape index (κ2) is 7.42. The maximum Gasteiger partial charge on any atom is 0.262 e. The van der Waals surface area contributed by atoms with Crippen molar-refractivity contribution in [3.05, 3.63) is 57.8 Å². The Bertz CT molecular complexity index is 1140. The average Bonchev–Trinajstić information content (AvgIpc) is 3.10. The van der Waals surface area contributed by atoms with Crippen LogP contribution in [0.1, 0.15) is 26.5 Å². The van der Waals surface area contributed by atoms with Crippen molar-refractivity contribution in [1.82, 2.24) is 19.8 Å². The van der Waals surface area contributed by atoms with E-state index in [1.165, 1.54) is 6.33 Å². The van der Waals surface area contributed by atoms with Gasteiger partial charge in [-0.3, -0.25) is 14.4 Å². The van der Waals surface area contributed by atoms with E-state index in [-0.39, 0.29) is 28.5 Å². The lowest BCUT2D eigenvalue weighted by Gasteiger charge is -2.34. The lowest BCUT2D eigenvalue weighted by molar-refractivity contribution is 0.0535. The number of nitrogens with one attached hydrogen (secondary N) is 1. The number of ether oxygens (including phenoxy) is 1. The van der Waals surface area contributed by atoms with E-state index in [1.807, 2.05) is 0 Å². The molecule has 150 valence electrons. The van der Waals surface area contributed by atoms with Crippen LogP contribution in [0.3, 0.4) is 0 Å². The molecule has 3 heterocycles. The van der Waals surface area contributed by atoms with Gasteiger partial charge in [0.05, 0.1) is 19.0 Å². The minimum absolute atomic E-state index is 0.110. The second-order valence-corrected chi connectivity index (χ2v) is 6.76. The zero-order chi connectivity index (χ0) is 20.5. The summed E-state index contributed by atoms with van der Waals surface area (Å²) in [6.45, 7) is 3.14. The van der Waals surface area contributed by atoms with Gasteiger partial charge in [0, 0.05) is 31.7 Å². The van der Waals surface area contributed by atoms with Crippen molar-refractivity contribution >= 4 is 22.9 Å². The Kier molecular flexibility index (Phi) is 4.79. The standard InChI is InChI=1S/C20H20N4O5/c1-12-15(16-17(25)21-11-22-18(16)29-12)20(27)24-8-6-23(7-9-24)19(26)13-4-3-5-14(10-13)28-2/h3-5,10-11H,6-9H2,1-2H3,(H,21,22,25). The minimum atomic E-state index is -0.415. The number of methoxy groups -OCH3 is 1. The van der Waals surface area contributed by atoms with Crippen LogP contribution in [0.15, 0.2) is 39.8 Å². The molecule has 9 nitrogen and oxygen atoms in total. The molecule has 1 fully saturated rings. The van der Waals surface area contributed by atoms with Crippen molar-refractivity contribution in [3.63, 3.8) is 0 Å². The summed E-state index contributed by atoms with van der Waals surface area (Å²) in [6.07, 6.45) is 1.24. The Morgan fingerprint density at radius 2 is 1.83 bits per heavy atom. The fourth-order valence-electron chi connectivity index (χ4n) is 3.52. The molecule has 1 aromatic carbocycles. The summed E-state index contributed by atoms with van der Waals surface area (Å²) < 4.78 is 10.6. The number of piperazine rings is 1. The number of benzene rings is 1. The summed E-state index contributed by atoms with van der Waals surface area (Å²) in [5.74, 6) is 0.560. The fourth-order valence-corrected chi connectivity index (χ4v) is 3.52. The molecule has 1 aliphatic rings. The summed E-state index contributed by atoms with van der Waals surface area (Å²) in [5, 5.41) is 0.157. The van der Waals surface area contributed by atoms with E-state index in [4.69, 9.17) is 9.15 Å². The SMILES string of the molecule is COc1cccc(C(=O)N2CCN(C(=O)c3c(C)oc4nc[nH]c(=O)c34)CC2)c1. The Hall–Kier alpha value is -3.62. The number of nitrogens with zero attached hydrogens (tertiary/aromatic N) is 3. The highest BCUT2D eigenvalue weighted by atomic mass is 16.5. The maximum absolute atomic E-state index is 13.0. The summed E-state index contributed by atoms with van der Waals surface area (Å²) in [6, 6.07) is 6.98. The summed E-state index contributed by atoms with van der Waals surface area (Å²) in [5.41, 5.74) is 0.490. The van der Waals surface area contributed by atoms with Crippen LogP contribution in [0, 0.1) is 6.92 Å². The van der Waals surface area contributed by atoms with Gasteiger partial charge >= 0.3 is 0 Å². The van der Waals surface area contributed by atoms with E-state index in [2.05, 4.69) is 9.97 Å². The molecule has 9 heteroatoms. The summed E-state index contributed by atoms with van der Waals surface area (Å²) >= 11 is 0. The number of aryl methyl sites for hydroxylation is 1. The molecule has 1 N–H and O–H groups in total. The van der Waals surface area contributed by atoms with Gasteiger partial charge in [-0.2, -0.15) is 0 Å². The number of hydrogen-bond donors (Lipinski definition) is 1. The van der Waals surface area contributed by atoms with Crippen molar-refractivity contribution in [1.29, 1.82) is 0 Å². The number of carbonyl (C=O) groups excluding carboxylic acids is 2. The first-order valence-electron chi connectivity index (χ1n) is 9.19. The monoisotopic (exact) mass is 396 g/mol. The third-order valence-corrected chi connectivity index (χ3v) is 5.05. The molecule has 0 radical (unpaired) electrons. The molecule has 0 saturated carbocycles. The van der Waals surface area contributed by atoms with Crippen LogP contribution in [0.25, 0.3) is 11.1 Å². The second-order valence-electron chi connectivity index (χ2n) is 6.76. The molecule has 0 atom stereocenters. The number of H-pyrrole nitrogens is 1. The molecule has 0 unspecified atom stereocenters. The molecular formula is C20H20N4O5. The van der Waals surface area contributed by atoms with Gasteiger partial charge < -0.3 is 23.9 Å². The highest BCUT2D eigenvalue weighted by Crippen LogP contribution is 2.23. The van der Waals surface area contributed by atoms with Gasteiger partial charge in [0.15, 0.2) is 0 Å². The van der Waals surface area contributed by atoms with Crippen LogP contribution in [0.5, 0.6) is 5.75 Å². The van der Waals surface area contributed by atoms with Gasteiger partial charge in [-0.15, -0.1) is 0 Å². The first kappa shape index (κ1) is 18.7. The van der Waals surface area contributed by atoms with E-state index in [9.17, 15) is 14.4 Å². The van der Waals surface area contributed by atoms with Crippen molar-refractivity contribution in [2.75, 3.05) is 33.3 Å². The lowest BCUT2D eigenvalue weighted by atomic mass is 10.1. The molecule has 0 bridgehead atoms. The molecule has 2 aromatic heterocycles. The molecule has 4 rings (SSSR count). The zero-order valence-electron chi connectivity index (χ0n) is 16.1. The number of carbonyl (C=O) groups is 2. The van der Waals surface area contributed by atoms with Crippen LogP contribution in [0.2, 0.25) is 0 Å². The van der Waals surface area contributed by atoms with E-state index in [0.29, 0.717) is 43.3 Å². The van der Waals surface area contributed by atoms with Crippen molar-refractivity contribution < 1.29 is 18.7 Å². The predicted molar refractivity (Wildman–Crippen MR) is 104 cm³/mol. The molecule has 0 spiro atoms. The number of furan rings is 1. The first-order valence-corrected chi connectivity index (χ1v) is 9.19. The van der Waals surface area contributed by atoms with Gasteiger partial charge in [-0.1, -0.05) is 6.07 Å². The average molecular weight is 396 g/mol. The molecule has 1 saturated heterocycles. The third kappa shape index (κ3) is 3.35. The van der Waals surface area contributed by atoms with E-state index in [1.54, 1.807) is 48.1 Å². The molecule has 3 aromatic rings. The third-order valence-electron chi connectivity index (χ3n) is 5.05. The van der Waals surface area contributed by atoms with Gasteiger partial charge in [0.1, 0.15) is 16.9 Å². The number of rotatable bonds is 3. The molecule has 0 aliphatic carbocycles. The molecule has 29 heavy (non-hydrogen) atoms. The molecule has 2 amide bonds. The van der Waals surface area contributed by atoms with Gasteiger partial charge in [-0.25, -0.2) is 4.98 Å². The van der Waals surface area contributed by atoms with Crippen LogP contribution in [-0.4, -0.2) is 64.9 Å². The highest BCUT2D eigenvalue weighted by Gasteiger charge is 2.30. The van der Waals surface area contributed by atoms with E-state index < -0.39 is 5.56 Å². The smallest absolute Gasteiger partial charge is 0.262 e. The van der Waals surface area contributed by atoms with Crippen LogP contribution < -0.4 is 10.3 Å². The topological polar surface area (TPSA) is 109 Å². The van der Waals surface area contributed by atoms with E-state index in [0.717, 1.165) is 0 Å². The Morgan fingerprint density at radius 3 is 2.52 bits per heavy atom. The van der Waals surface area contributed by atoms with Gasteiger partial charge in [-0.05, 0) is 25.1 Å². The number of hydrogen-bond acceptors (Lipinski definition) is 6. The van der Waals surface area contributed by atoms with Crippen molar-refractivity contribution in [3.8, 4) is 5.75 Å². The number of amides is 2. The number of aromatic nitrogens is 2. The number of aromatic amines is 1. The van der Waals surface area contributed by atoms with Crippen molar-refractivity contribution in [2.24, 2.45) is 0 Å². The molecule has 1 aliphatic heterocycles. The van der Waals surface area contributed by atoms with Crippen molar-refractivity contribution in [2.45, 2.75) is 6.92 Å². The minimum Gasteiger partial charge on any atom is -0.497 e. The quantitative estimate of drug-likeness (QED) is 0.717. The highest BCUT2D eigenvalue weighted by molar-refractivity contribution is 6.06. The van der Waals surface area contributed by atoms with Gasteiger partial charge in [0.2, 0.25) is 5.71 Å².